The van der Waals surface area contributed by atoms with E-state index in [9.17, 15) is 13.6 Å². The van der Waals surface area contributed by atoms with E-state index >= 15 is 0 Å². The number of hydrogen-bond acceptors (Lipinski definition) is 4. The third kappa shape index (κ3) is 3.25. The Bertz CT molecular complexity index is 500. The van der Waals surface area contributed by atoms with Crippen LogP contribution in [0.25, 0.3) is 0 Å². The second-order valence-corrected chi connectivity index (χ2v) is 5.03. The first-order valence-corrected chi connectivity index (χ1v) is 6.53. The van der Waals surface area contributed by atoms with Gasteiger partial charge in [-0.3, -0.25) is 0 Å². The van der Waals surface area contributed by atoms with Gasteiger partial charge in [0.1, 0.15) is 11.6 Å². The maximum absolute atomic E-state index is 13.8. The first-order chi connectivity index (χ1) is 9.51. The Morgan fingerprint density at radius 3 is 2.55 bits per heavy atom. The lowest BCUT2D eigenvalue weighted by atomic mass is 10.0. The fraction of sp³-hybridized carbons (Fsp3) is 0.500. The van der Waals surface area contributed by atoms with Crippen LogP contribution in [0.3, 0.4) is 0 Å². The van der Waals surface area contributed by atoms with E-state index < -0.39 is 17.6 Å². The largest absolute Gasteiger partial charge is 0.465 e. The van der Waals surface area contributed by atoms with Gasteiger partial charge in [-0.2, -0.15) is 0 Å². The Kier molecular flexibility index (Phi) is 4.54. The molecule has 1 aliphatic heterocycles. The molecule has 1 aliphatic rings. The molecule has 6 heteroatoms. The number of ether oxygens (including phenoxy) is 1. The Morgan fingerprint density at radius 2 is 1.95 bits per heavy atom. The molecule has 1 N–H and O–H groups in total. The minimum Gasteiger partial charge on any atom is -0.465 e. The molecule has 0 radical (unpaired) electrons. The van der Waals surface area contributed by atoms with Crippen LogP contribution >= 0.6 is 0 Å². The van der Waals surface area contributed by atoms with E-state index in [1.807, 2.05) is 7.05 Å². The van der Waals surface area contributed by atoms with Crippen LogP contribution in [0, 0.1) is 11.6 Å². The average molecular weight is 284 g/mol. The van der Waals surface area contributed by atoms with Gasteiger partial charge in [0.2, 0.25) is 0 Å². The summed E-state index contributed by atoms with van der Waals surface area (Å²) in [6.07, 6.45) is 1.75. The number of nitrogens with zero attached hydrogens (tertiary/aromatic N) is 1. The van der Waals surface area contributed by atoms with Crippen molar-refractivity contribution in [2.24, 2.45) is 0 Å². The lowest BCUT2D eigenvalue weighted by Gasteiger charge is -2.30. The Labute approximate surface area is 116 Å². The van der Waals surface area contributed by atoms with Gasteiger partial charge in [0, 0.05) is 12.1 Å². The molecular weight excluding hydrogens is 266 g/mol. The molecule has 0 aromatic heterocycles. The lowest BCUT2D eigenvalue weighted by molar-refractivity contribution is 0.0595. The molecular formula is C14H18F2N2O2. The van der Waals surface area contributed by atoms with Gasteiger partial charge >= 0.3 is 5.97 Å². The fourth-order valence-corrected chi connectivity index (χ4v) is 2.30. The second kappa shape index (κ2) is 6.17. The third-order valence-electron chi connectivity index (χ3n) is 3.54. The number of methoxy groups -OCH3 is 1. The summed E-state index contributed by atoms with van der Waals surface area (Å²) in [6.45, 7) is 1.84. The highest BCUT2D eigenvalue weighted by Crippen LogP contribution is 2.23. The summed E-state index contributed by atoms with van der Waals surface area (Å²) < 4.78 is 31.8. The summed E-state index contributed by atoms with van der Waals surface area (Å²) in [5, 5.41) is 3.04. The number of rotatable bonds is 3. The number of anilines is 1. The molecule has 20 heavy (non-hydrogen) atoms. The minimum absolute atomic E-state index is 0.122. The summed E-state index contributed by atoms with van der Waals surface area (Å²) in [5.41, 5.74) is -0.120. The van der Waals surface area contributed by atoms with Gasteiger partial charge in [-0.15, -0.1) is 0 Å². The molecule has 1 saturated heterocycles. The minimum atomic E-state index is -0.914. The fourth-order valence-electron chi connectivity index (χ4n) is 2.30. The van der Waals surface area contributed by atoms with Crippen LogP contribution < -0.4 is 5.32 Å². The van der Waals surface area contributed by atoms with Crippen molar-refractivity contribution in [1.82, 2.24) is 4.90 Å². The number of carbonyl (C=O) groups excluding carboxylic acids is 1. The standard InChI is InChI=1S/C14H18F2N2O2/c1-18-5-3-9(4-6-18)17-13-7-10(14(19)20-2)11(15)8-12(13)16/h7-9,17H,3-6H2,1-2H3. The van der Waals surface area contributed by atoms with Gasteiger partial charge in [0.25, 0.3) is 0 Å². The van der Waals surface area contributed by atoms with Crippen LogP contribution in [0.5, 0.6) is 0 Å². The van der Waals surface area contributed by atoms with E-state index in [0.29, 0.717) is 6.07 Å². The number of piperidine rings is 1. The summed E-state index contributed by atoms with van der Waals surface area (Å²) in [5.74, 6) is -2.42. The first-order valence-electron chi connectivity index (χ1n) is 6.53. The second-order valence-electron chi connectivity index (χ2n) is 5.03. The van der Waals surface area contributed by atoms with Gasteiger partial charge < -0.3 is 15.0 Å². The molecule has 0 aliphatic carbocycles. The molecule has 0 spiro atoms. The highest BCUT2D eigenvalue weighted by molar-refractivity contribution is 5.90. The third-order valence-corrected chi connectivity index (χ3v) is 3.54. The van der Waals surface area contributed by atoms with E-state index in [-0.39, 0.29) is 17.3 Å². The SMILES string of the molecule is COC(=O)c1cc(NC2CCN(C)CC2)c(F)cc1F. The molecule has 0 bridgehead atoms. The molecule has 1 heterocycles. The zero-order chi connectivity index (χ0) is 14.7. The van der Waals surface area contributed by atoms with Crippen molar-refractivity contribution in [3.8, 4) is 0 Å². The van der Waals surface area contributed by atoms with Crippen molar-refractivity contribution in [2.75, 3.05) is 32.6 Å². The topological polar surface area (TPSA) is 41.6 Å². The van der Waals surface area contributed by atoms with Crippen molar-refractivity contribution in [3.63, 3.8) is 0 Å². The van der Waals surface area contributed by atoms with Gasteiger partial charge in [0.05, 0.1) is 18.4 Å². The van der Waals surface area contributed by atoms with Crippen LogP contribution in [-0.2, 0) is 4.74 Å². The van der Waals surface area contributed by atoms with Gasteiger partial charge in [-0.25, -0.2) is 13.6 Å². The van der Waals surface area contributed by atoms with Gasteiger partial charge in [-0.1, -0.05) is 0 Å². The molecule has 0 unspecified atom stereocenters. The Morgan fingerprint density at radius 1 is 1.30 bits per heavy atom. The van der Waals surface area contributed by atoms with E-state index in [1.165, 1.54) is 6.07 Å². The number of nitrogens with one attached hydrogen (secondary N) is 1. The number of halogens is 2. The molecule has 1 aromatic rings. The number of carbonyl (C=O) groups is 1. The molecule has 1 aromatic carbocycles. The van der Waals surface area contributed by atoms with E-state index in [0.717, 1.165) is 33.0 Å². The molecule has 1 fully saturated rings. The average Bonchev–Trinajstić information content (AvgIpc) is 2.43. The van der Waals surface area contributed by atoms with Crippen molar-refractivity contribution in [3.05, 3.63) is 29.3 Å². The van der Waals surface area contributed by atoms with E-state index in [4.69, 9.17) is 0 Å². The summed E-state index contributed by atoms with van der Waals surface area (Å²) in [7, 11) is 3.19. The molecule has 110 valence electrons. The lowest BCUT2D eigenvalue weighted by Crippen LogP contribution is -2.36. The number of hydrogen-bond donors (Lipinski definition) is 1. The zero-order valence-corrected chi connectivity index (χ0v) is 11.6. The molecule has 2 rings (SSSR count). The van der Waals surface area contributed by atoms with Crippen LogP contribution in [0.1, 0.15) is 23.2 Å². The number of esters is 1. The molecule has 0 atom stereocenters. The highest BCUT2D eigenvalue weighted by Gasteiger charge is 2.20. The maximum atomic E-state index is 13.8. The summed E-state index contributed by atoms with van der Waals surface area (Å²) in [4.78, 5) is 13.6. The quantitative estimate of drug-likeness (QED) is 0.865. The van der Waals surface area contributed by atoms with Crippen molar-refractivity contribution >= 4 is 11.7 Å². The van der Waals surface area contributed by atoms with Gasteiger partial charge in [-0.05, 0) is 39.0 Å². The number of benzene rings is 1. The van der Waals surface area contributed by atoms with E-state index in [2.05, 4.69) is 15.0 Å². The molecule has 0 saturated carbocycles. The van der Waals surface area contributed by atoms with Crippen LogP contribution in [0.4, 0.5) is 14.5 Å². The van der Waals surface area contributed by atoms with Crippen LogP contribution in [-0.4, -0.2) is 44.2 Å². The van der Waals surface area contributed by atoms with Crippen LogP contribution in [0.2, 0.25) is 0 Å². The normalized spacial score (nSPS) is 17.0. The van der Waals surface area contributed by atoms with Crippen molar-refractivity contribution in [1.29, 1.82) is 0 Å². The molecule has 0 amide bonds. The van der Waals surface area contributed by atoms with Gasteiger partial charge in [0.15, 0.2) is 0 Å². The summed E-state index contributed by atoms with van der Waals surface area (Å²) in [6, 6.07) is 2.01. The monoisotopic (exact) mass is 284 g/mol. The first kappa shape index (κ1) is 14.7. The highest BCUT2D eigenvalue weighted by atomic mass is 19.1. The Hall–Kier alpha value is -1.69. The number of likely N-dealkylation sites (tertiary alicyclic amines) is 1. The predicted octanol–water partition coefficient (Wildman–Crippen LogP) is 2.26. The van der Waals surface area contributed by atoms with Crippen molar-refractivity contribution in [2.45, 2.75) is 18.9 Å². The Balaban J connectivity index is 2.16. The predicted molar refractivity (Wildman–Crippen MR) is 71.8 cm³/mol. The smallest absolute Gasteiger partial charge is 0.340 e. The van der Waals surface area contributed by atoms with Crippen LogP contribution in [0.15, 0.2) is 12.1 Å². The maximum Gasteiger partial charge on any atom is 0.340 e. The summed E-state index contributed by atoms with van der Waals surface area (Å²) >= 11 is 0. The van der Waals surface area contributed by atoms with E-state index in [1.54, 1.807) is 0 Å². The molecule has 4 nitrogen and oxygen atoms in total. The van der Waals surface area contributed by atoms with Crippen molar-refractivity contribution < 1.29 is 18.3 Å². The zero-order valence-electron chi connectivity index (χ0n) is 11.6.